The van der Waals surface area contributed by atoms with Gasteiger partial charge < -0.3 is 5.32 Å². The van der Waals surface area contributed by atoms with Gasteiger partial charge in [0.2, 0.25) is 17.0 Å². The summed E-state index contributed by atoms with van der Waals surface area (Å²) in [5, 5.41) is 2.66. The quantitative estimate of drug-likeness (QED) is 0.779. The first-order chi connectivity index (χ1) is 8.15. The van der Waals surface area contributed by atoms with Crippen molar-refractivity contribution >= 4 is 17.0 Å². The Balaban J connectivity index is 1.85. The minimum Gasteiger partial charge on any atom is -0.339 e. The third-order valence-corrected chi connectivity index (χ3v) is 3.38. The highest BCUT2D eigenvalue weighted by atomic mass is 32.2. The number of nitrogens with one attached hydrogen (secondary N) is 2. The number of rotatable bonds is 4. The number of benzene rings is 1. The fourth-order valence-electron chi connectivity index (χ4n) is 1.50. The fraction of sp³-hybridized carbons (Fsp3) is 0.364. The molecule has 1 aliphatic heterocycles. The molecule has 2 rings (SSSR count). The highest BCUT2D eigenvalue weighted by Crippen LogP contribution is 2.09. The van der Waals surface area contributed by atoms with Crippen LogP contribution in [0.3, 0.4) is 0 Å². The van der Waals surface area contributed by atoms with E-state index in [4.69, 9.17) is 4.28 Å². The number of hydroxylamine groups is 1. The lowest BCUT2D eigenvalue weighted by molar-refractivity contribution is -0.119. The molecule has 1 amide bonds. The van der Waals surface area contributed by atoms with Crippen molar-refractivity contribution in [1.82, 2.24) is 10.8 Å². The third-order valence-electron chi connectivity index (χ3n) is 2.47. The van der Waals surface area contributed by atoms with E-state index in [0.717, 1.165) is 5.56 Å². The van der Waals surface area contributed by atoms with Crippen LogP contribution in [-0.2, 0) is 20.2 Å². The summed E-state index contributed by atoms with van der Waals surface area (Å²) < 4.78 is 16.7. The molecule has 1 aromatic rings. The second-order valence-corrected chi connectivity index (χ2v) is 5.02. The SMILES string of the molecule is Cc1ccc(S(=O)ONC2CCC(=O)N2)cc1. The van der Waals surface area contributed by atoms with Crippen molar-refractivity contribution in [1.29, 1.82) is 0 Å². The number of hydrogen-bond donors (Lipinski definition) is 2. The Kier molecular flexibility index (Phi) is 3.88. The van der Waals surface area contributed by atoms with Crippen LogP contribution < -0.4 is 10.8 Å². The Morgan fingerprint density at radius 1 is 1.41 bits per heavy atom. The molecule has 0 bridgehead atoms. The Morgan fingerprint density at radius 3 is 2.71 bits per heavy atom. The molecule has 1 aliphatic rings. The lowest BCUT2D eigenvalue weighted by atomic mass is 10.2. The lowest BCUT2D eigenvalue weighted by Crippen LogP contribution is -2.39. The summed E-state index contributed by atoms with van der Waals surface area (Å²) in [5.74, 6) is -0.0211. The molecule has 2 N–H and O–H groups in total. The minimum atomic E-state index is -1.56. The van der Waals surface area contributed by atoms with Gasteiger partial charge in [0.05, 0.1) is 4.90 Å². The van der Waals surface area contributed by atoms with Crippen LogP contribution >= 0.6 is 0 Å². The zero-order chi connectivity index (χ0) is 12.3. The Bertz CT molecular complexity index is 433. The van der Waals surface area contributed by atoms with Crippen molar-refractivity contribution in [3.05, 3.63) is 29.8 Å². The molecule has 2 unspecified atom stereocenters. The molecule has 0 aliphatic carbocycles. The minimum absolute atomic E-state index is 0.0211. The number of hydrogen-bond acceptors (Lipinski definition) is 4. The summed E-state index contributed by atoms with van der Waals surface area (Å²) >= 11 is -1.56. The molecule has 0 spiro atoms. The Labute approximate surface area is 102 Å². The Hall–Kier alpha value is -1.24. The van der Waals surface area contributed by atoms with E-state index in [1.807, 2.05) is 19.1 Å². The third kappa shape index (κ3) is 3.36. The summed E-state index contributed by atoms with van der Waals surface area (Å²) in [6.45, 7) is 1.96. The maximum absolute atomic E-state index is 11.7. The van der Waals surface area contributed by atoms with Crippen molar-refractivity contribution < 1.29 is 13.3 Å². The van der Waals surface area contributed by atoms with Gasteiger partial charge in [0, 0.05) is 6.42 Å². The van der Waals surface area contributed by atoms with Gasteiger partial charge in [-0.2, -0.15) is 9.76 Å². The number of amides is 1. The van der Waals surface area contributed by atoms with Gasteiger partial charge in [-0.3, -0.25) is 4.79 Å². The summed E-state index contributed by atoms with van der Waals surface area (Å²) in [4.78, 5) is 11.5. The molecular formula is C11H14N2O3S. The van der Waals surface area contributed by atoms with Crippen LogP contribution in [0.1, 0.15) is 18.4 Å². The van der Waals surface area contributed by atoms with Crippen LogP contribution in [0.4, 0.5) is 0 Å². The largest absolute Gasteiger partial charge is 0.339 e. The van der Waals surface area contributed by atoms with Crippen LogP contribution in [0.25, 0.3) is 0 Å². The van der Waals surface area contributed by atoms with Crippen molar-refractivity contribution in [2.75, 3.05) is 0 Å². The monoisotopic (exact) mass is 254 g/mol. The molecule has 92 valence electrons. The molecule has 5 nitrogen and oxygen atoms in total. The second kappa shape index (κ2) is 5.39. The first-order valence-corrected chi connectivity index (χ1v) is 6.43. The van der Waals surface area contributed by atoms with E-state index >= 15 is 0 Å². The maximum Gasteiger partial charge on any atom is 0.221 e. The lowest BCUT2D eigenvalue weighted by Gasteiger charge is -2.11. The van der Waals surface area contributed by atoms with Crippen LogP contribution in [0, 0.1) is 6.92 Å². The molecular weight excluding hydrogens is 240 g/mol. The molecule has 6 heteroatoms. The summed E-state index contributed by atoms with van der Waals surface area (Å²) in [7, 11) is 0. The van der Waals surface area contributed by atoms with E-state index in [1.165, 1.54) is 0 Å². The van der Waals surface area contributed by atoms with Crippen molar-refractivity contribution in [3.63, 3.8) is 0 Å². The second-order valence-electron chi connectivity index (χ2n) is 3.91. The summed E-state index contributed by atoms with van der Waals surface area (Å²) in [5.41, 5.74) is 3.69. The topological polar surface area (TPSA) is 67.4 Å². The van der Waals surface area contributed by atoms with Gasteiger partial charge in [-0.15, -0.1) is 0 Å². The normalized spacial score (nSPS) is 21.2. The predicted octanol–water partition coefficient (Wildman–Crippen LogP) is 0.775. The molecule has 0 radical (unpaired) electrons. The fourth-order valence-corrected chi connectivity index (χ4v) is 2.16. The molecule has 1 fully saturated rings. The van der Waals surface area contributed by atoms with Gasteiger partial charge in [-0.05, 0) is 25.5 Å². The van der Waals surface area contributed by atoms with Crippen molar-refractivity contribution in [3.8, 4) is 0 Å². The molecule has 0 saturated carbocycles. The highest BCUT2D eigenvalue weighted by molar-refractivity contribution is 7.80. The summed E-state index contributed by atoms with van der Waals surface area (Å²) in [6.07, 6.45) is 0.860. The molecule has 17 heavy (non-hydrogen) atoms. The van der Waals surface area contributed by atoms with Crippen LogP contribution in [0.5, 0.6) is 0 Å². The van der Waals surface area contributed by atoms with Gasteiger partial charge in [-0.25, -0.2) is 4.21 Å². The molecule has 0 aromatic heterocycles. The van der Waals surface area contributed by atoms with Gasteiger partial charge >= 0.3 is 0 Å². The van der Waals surface area contributed by atoms with E-state index in [2.05, 4.69) is 10.8 Å². The number of carbonyl (C=O) groups excluding carboxylic acids is 1. The van der Waals surface area contributed by atoms with E-state index in [1.54, 1.807) is 12.1 Å². The van der Waals surface area contributed by atoms with Crippen LogP contribution in [0.15, 0.2) is 29.2 Å². The van der Waals surface area contributed by atoms with Gasteiger partial charge in [0.25, 0.3) is 0 Å². The smallest absolute Gasteiger partial charge is 0.221 e. The Morgan fingerprint density at radius 2 is 2.12 bits per heavy atom. The molecule has 1 saturated heterocycles. The number of carbonyl (C=O) groups is 1. The van der Waals surface area contributed by atoms with Gasteiger partial charge in [0.15, 0.2) is 0 Å². The zero-order valence-corrected chi connectivity index (χ0v) is 10.3. The number of aryl methyl sites for hydroxylation is 1. The van der Waals surface area contributed by atoms with Gasteiger partial charge in [-0.1, -0.05) is 17.7 Å². The standard InChI is InChI=1S/C11H14N2O3S/c1-8-2-4-9(5-3-8)17(15)16-13-10-6-7-11(14)12-10/h2-5,10,13H,6-7H2,1H3,(H,12,14). The van der Waals surface area contributed by atoms with Crippen molar-refractivity contribution in [2.45, 2.75) is 30.8 Å². The van der Waals surface area contributed by atoms with E-state index < -0.39 is 11.1 Å². The molecule has 2 atom stereocenters. The first kappa shape index (κ1) is 12.2. The van der Waals surface area contributed by atoms with Crippen LogP contribution in [0.2, 0.25) is 0 Å². The average Bonchev–Trinajstić information content (AvgIpc) is 2.73. The zero-order valence-electron chi connectivity index (χ0n) is 9.43. The maximum atomic E-state index is 11.7. The van der Waals surface area contributed by atoms with Crippen molar-refractivity contribution in [2.24, 2.45) is 0 Å². The van der Waals surface area contributed by atoms with E-state index in [0.29, 0.717) is 17.7 Å². The first-order valence-electron chi connectivity index (χ1n) is 5.36. The average molecular weight is 254 g/mol. The molecule has 1 heterocycles. The van der Waals surface area contributed by atoms with Crippen LogP contribution in [-0.4, -0.2) is 16.3 Å². The molecule has 1 aromatic carbocycles. The predicted molar refractivity (Wildman–Crippen MR) is 63.0 cm³/mol. The summed E-state index contributed by atoms with van der Waals surface area (Å²) in [6, 6.07) is 7.24. The van der Waals surface area contributed by atoms with E-state index in [-0.39, 0.29) is 12.1 Å². The van der Waals surface area contributed by atoms with Gasteiger partial charge in [0.1, 0.15) is 6.17 Å². The van der Waals surface area contributed by atoms with E-state index in [9.17, 15) is 9.00 Å². The highest BCUT2D eigenvalue weighted by Gasteiger charge is 2.21.